The van der Waals surface area contributed by atoms with Crippen molar-refractivity contribution in [1.29, 1.82) is 0 Å². The molecule has 0 spiro atoms. The molecule has 92 valence electrons. The van der Waals surface area contributed by atoms with Crippen LogP contribution in [0.4, 0.5) is 0 Å². The summed E-state index contributed by atoms with van der Waals surface area (Å²) in [4.78, 5) is 12.1. The summed E-state index contributed by atoms with van der Waals surface area (Å²) in [5.74, 6) is 0.134. The number of hydrogen-bond acceptors (Lipinski definition) is 3. The Bertz CT molecular complexity index is 390. The molecule has 0 aliphatic carbocycles. The molecule has 1 aromatic rings. The first kappa shape index (κ1) is 12.3. The summed E-state index contributed by atoms with van der Waals surface area (Å²) in [5.41, 5.74) is 2.39. The van der Waals surface area contributed by atoms with Crippen LogP contribution in [0.15, 0.2) is 24.3 Å². The van der Waals surface area contributed by atoms with E-state index in [1.54, 1.807) is 0 Å². The number of benzene rings is 1. The molecule has 0 amide bonds. The van der Waals surface area contributed by atoms with Gasteiger partial charge in [0.05, 0.1) is 5.92 Å². The molecule has 3 heteroatoms. The molecule has 0 fully saturated rings. The highest BCUT2D eigenvalue weighted by molar-refractivity contribution is 5.87. The molecule has 1 atom stereocenters. The normalized spacial score (nSPS) is 18.8. The van der Waals surface area contributed by atoms with Crippen molar-refractivity contribution in [3.8, 4) is 0 Å². The van der Waals surface area contributed by atoms with E-state index in [0.717, 1.165) is 25.1 Å². The number of ketones is 1. The zero-order chi connectivity index (χ0) is 12.1. The Labute approximate surface area is 102 Å². The van der Waals surface area contributed by atoms with Crippen molar-refractivity contribution in [1.82, 2.24) is 5.32 Å². The Morgan fingerprint density at radius 3 is 3.12 bits per heavy atom. The zero-order valence-electron chi connectivity index (χ0n) is 10.2. The van der Waals surface area contributed by atoms with Gasteiger partial charge >= 0.3 is 0 Å². The first-order valence-electron chi connectivity index (χ1n) is 6.22. The van der Waals surface area contributed by atoms with Crippen LogP contribution < -0.4 is 5.32 Å². The molecule has 1 aliphatic rings. The molecule has 17 heavy (non-hydrogen) atoms. The second-order valence-electron chi connectivity index (χ2n) is 4.40. The number of hydrogen-bond donors (Lipinski definition) is 1. The Balaban J connectivity index is 2.05. The van der Waals surface area contributed by atoms with Crippen LogP contribution in [0.3, 0.4) is 0 Å². The molecule has 0 bridgehead atoms. The van der Waals surface area contributed by atoms with E-state index in [4.69, 9.17) is 4.74 Å². The van der Waals surface area contributed by atoms with Crippen LogP contribution in [0, 0.1) is 0 Å². The average molecular weight is 233 g/mol. The van der Waals surface area contributed by atoms with Crippen molar-refractivity contribution in [3.63, 3.8) is 0 Å². The standard InChI is InChI=1S/C14H19NO2/c1-2-7-17-10-14(16)13-9-15-8-11-5-3-4-6-12(11)13/h3-6,13,15H,2,7-10H2,1H3. The van der Waals surface area contributed by atoms with Crippen LogP contribution >= 0.6 is 0 Å². The Kier molecular flexibility index (Phi) is 4.29. The first-order chi connectivity index (χ1) is 8.33. The van der Waals surface area contributed by atoms with Gasteiger partial charge in [-0.3, -0.25) is 4.79 Å². The number of Topliss-reactive ketones (excluding diaryl/α,β-unsaturated/α-hetero) is 1. The largest absolute Gasteiger partial charge is 0.374 e. The fraction of sp³-hybridized carbons (Fsp3) is 0.500. The van der Waals surface area contributed by atoms with E-state index < -0.39 is 0 Å². The molecule has 1 aromatic carbocycles. The summed E-state index contributed by atoms with van der Waals surface area (Å²) < 4.78 is 5.34. The highest BCUT2D eigenvalue weighted by Crippen LogP contribution is 2.24. The lowest BCUT2D eigenvalue weighted by molar-refractivity contribution is -0.125. The Morgan fingerprint density at radius 1 is 1.47 bits per heavy atom. The summed E-state index contributed by atoms with van der Waals surface area (Å²) in [6, 6.07) is 8.14. The molecule has 2 rings (SSSR count). The summed E-state index contributed by atoms with van der Waals surface area (Å²) in [7, 11) is 0. The van der Waals surface area contributed by atoms with Crippen LogP contribution in [0.5, 0.6) is 0 Å². The maximum absolute atomic E-state index is 12.1. The highest BCUT2D eigenvalue weighted by atomic mass is 16.5. The molecule has 0 aromatic heterocycles. The quantitative estimate of drug-likeness (QED) is 0.789. The molecule has 0 saturated heterocycles. The Hall–Kier alpha value is -1.19. The van der Waals surface area contributed by atoms with Gasteiger partial charge in [0.25, 0.3) is 0 Å². The summed E-state index contributed by atoms with van der Waals surface area (Å²) in [5, 5.41) is 3.29. The minimum absolute atomic E-state index is 0.0446. The van der Waals surface area contributed by atoms with Gasteiger partial charge in [0.1, 0.15) is 6.61 Å². The van der Waals surface area contributed by atoms with Crippen molar-refractivity contribution in [2.75, 3.05) is 19.8 Å². The van der Waals surface area contributed by atoms with Crippen molar-refractivity contribution in [2.45, 2.75) is 25.8 Å². The van der Waals surface area contributed by atoms with E-state index in [9.17, 15) is 4.79 Å². The van der Waals surface area contributed by atoms with Gasteiger partial charge < -0.3 is 10.1 Å². The number of carbonyl (C=O) groups is 1. The number of carbonyl (C=O) groups excluding carboxylic acids is 1. The molecule has 1 N–H and O–H groups in total. The third kappa shape index (κ3) is 2.93. The van der Waals surface area contributed by atoms with Gasteiger partial charge in [-0.1, -0.05) is 31.2 Å². The summed E-state index contributed by atoms with van der Waals surface area (Å²) in [6.45, 7) is 4.52. The van der Waals surface area contributed by atoms with E-state index in [1.807, 2.05) is 19.1 Å². The van der Waals surface area contributed by atoms with Gasteiger partial charge in [0.15, 0.2) is 5.78 Å². The molecular formula is C14H19NO2. The fourth-order valence-corrected chi connectivity index (χ4v) is 2.20. The van der Waals surface area contributed by atoms with E-state index >= 15 is 0 Å². The van der Waals surface area contributed by atoms with E-state index in [2.05, 4.69) is 17.4 Å². The van der Waals surface area contributed by atoms with Crippen LogP contribution in [0.1, 0.15) is 30.4 Å². The summed E-state index contributed by atoms with van der Waals surface area (Å²) >= 11 is 0. The lowest BCUT2D eigenvalue weighted by atomic mass is 9.88. The van der Waals surface area contributed by atoms with Crippen molar-refractivity contribution >= 4 is 5.78 Å². The molecule has 0 saturated carbocycles. The predicted molar refractivity (Wildman–Crippen MR) is 67.0 cm³/mol. The summed E-state index contributed by atoms with van der Waals surface area (Å²) in [6.07, 6.45) is 0.951. The minimum atomic E-state index is -0.0446. The predicted octanol–water partition coefficient (Wildman–Crippen LogP) is 1.87. The molecule has 1 aliphatic heterocycles. The van der Waals surface area contributed by atoms with Gasteiger partial charge in [-0.2, -0.15) is 0 Å². The zero-order valence-corrected chi connectivity index (χ0v) is 10.2. The fourth-order valence-electron chi connectivity index (χ4n) is 2.20. The second-order valence-corrected chi connectivity index (χ2v) is 4.40. The molecular weight excluding hydrogens is 214 g/mol. The van der Waals surface area contributed by atoms with E-state index in [0.29, 0.717) is 6.61 Å². The van der Waals surface area contributed by atoms with E-state index in [-0.39, 0.29) is 18.3 Å². The smallest absolute Gasteiger partial charge is 0.167 e. The van der Waals surface area contributed by atoms with Crippen LogP contribution in [-0.2, 0) is 16.1 Å². The molecule has 0 radical (unpaired) electrons. The lowest BCUT2D eigenvalue weighted by Gasteiger charge is -2.25. The van der Waals surface area contributed by atoms with Crippen LogP contribution in [0.2, 0.25) is 0 Å². The first-order valence-corrected chi connectivity index (χ1v) is 6.22. The number of fused-ring (bicyclic) bond motifs is 1. The van der Waals surface area contributed by atoms with Gasteiger partial charge in [0, 0.05) is 19.7 Å². The maximum atomic E-state index is 12.1. The number of rotatable bonds is 5. The van der Waals surface area contributed by atoms with Crippen molar-refractivity contribution in [2.24, 2.45) is 0 Å². The van der Waals surface area contributed by atoms with E-state index in [1.165, 1.54) is 5.56 Å². The highest BCUT2D eigenvalue weighted by Gasteiger charge is 2.25. The lowest BCUT2D eigenvalue weighted by Crippen LogP contribution is -2.34. The van der Waals surface area contributed by atoms with Crippen molar-refractivity contribution < 1.29 is 9.53 Å². The number of ether oxygens (including phenoxy) is 1. The van der Waals surface area contributed by atoms with Crippen LogP contribution in [0.25, 0.3) is 0 Å². The SMILES string of the molecule is CCCOCC(=O)C1CNCc2ccccc21. The molecule has 3 nitrogen and oxygen atoms in total. The average Bonchev–Trinajstić information content (AvgIpc) is 2.38. The topological polar surface area (TPSA) is 38.3 Å². The third-order valence-corrected chi connectivity index (χ3v) is 3.08. The monoisotopic (exact) mass is 233 g/mol. The van der Waals surface area contributed by atoms with Gasteiger partial charge in [-0.05, 0) is 17.5 Å². The minimum Gasteiger partial charge on any atom is -0.374 e. The molecule has 1 heterocycles. The number of nitrogens with one attached hydrogen (secondary N) is 1. The van der Waals surface area contributed by atoms with Gasteiger partial charge in [-0.25, -0.2) is 0 Å². The van der Waals surface area contributed by atoms with Crippen molar-refractivity contribution in [3.05, 3.63) is 35.4 Å². The maximum Gasteiger partial charge on any atom is 0.167 e. The second kappa shape index (κ2) is 5.94. The Morgan fingerprint density at radius 2 is 2.29 bits per heavy atom. The third-order valence-electron chi connectivity index (χ3n) is 3.08. The van der Waals surface area contributed by atoms with Gasteiger partial charge in [0.2, 0.25) is 0 Å². The molecule has 1 unspecified atom stereocenters. The van der Waals surface area contributed by atoms with Crippen LogP contribution in [-0.4, -0.2) is 25.5 Å². The van der Waals surface area contributed by atoms with Gasteiger partial charge in [-0.15, -0.1) is 0 Å².